The number of alkyl carbamates (subject to hydrolysis) is 2. The fourth-order valence-electron chi connectivity index (χ4n) is 10.2. The van der Waals surface area contributed by atoms with E-state index in [9.17, 15) is 19.2 Å². The third kappa shape index (κ3) is 7.68. The summed E-state index contributed by atoms with van der Waals surface area (Å²) in [4.78, 5) is 73.6. The van der Waals surface area contributed by atoms with Crippen LogP contribution in [0.1, 0.15) is 74.0 Å². The van der Waals surface area contributed by atoms with Gasteiger partial charge in [0.2, 0.25) is 5.91 Å². The van der Waals surface area contributed by atoms with Crippen LogP contribution in [-0.4, -0.2) is 100 Å². The Morgan fingerprint density at radius 1 is 0.846 bits per heavy atom. The van der Waals surface area contributed by atoms with Gasteiger partial charge in [-0.05, 0) is 83.0 Å². The van der Waals surface area contributed by atoms with Crippen molar-refractivity contribution >= 4 is 45.8 Å². The number of nitrogens with one attached hydrogen (secondary N) is 4. The molecule has 6 aromatic rings. The van der Waals surface area contributed by atoms with Gasteiger partial charge in [0.25, 0.3) is 5.91 Å². The summed E-state index contributed by atoms with van der Waals surface area (Å²) in [6.07, 6.45) is 2.91. The molecule has 3 aliphatic heterocycles. The highest BCUT2D eigenvalue weighted by molar-refractivity contribution is 6.07. The number of hydrogen-bond donors (Lipinski definition) is 4. The third-order valence-corrected chi connectivity index (χ3v) is 13.6. The molecule has 5 heterocycles. The smallest absolute Gasteiger partial charge is 0.407 e. The van der Waals surface area contributed by atoms with Gasteiger partial charge in [0.1, 0.15) is 36.1 Å². The summed E-state index contributed by atoms with van der Waals surface area (Å²) in [5, 5.41) is 7.44. The molecular formula is C49H52N8O8. The first kappa shape index (κ1) is 42.0. The number of aromatic amines is 2. The topological polar surface area (TPSA) is 193 Å². The van der Waals surface area contributed by atoms with Gasteiger partial charge in [0.15, 0.2) is 0 Å². The van der Waals surface area contributed by atoms with E-state index in [4.69, 9.17) is 28.9 Å². The number of amides is 4. The summed E-state index contributed by atoms with van der Waals surface area (Å²) in [5.41, 5.74) is 7.15. The molecule has 1 saturated carbocycles. The lowest BCUT2D eigenvalue weighted by Crippen LogP contribution is -2.52. The van der Waals surface area contributed by atoms with E-state index in [2.05, 4.69) is 57.0 Å². The van der Waals surface area contributed by atoms with Crippen LogP contribution in [0, 0.1) is 17.8 Å². The Labute approximate surface area is 375 Å². The molecule has 336 valence electrons. The molecule has 0 radical (unpaired) electrons. The maximum Gasteiger partial charge on any atom is 0.407 e. The molecular weight excluding hydrogens is 829 g/mol. The molecule has 0 spiro atoms. The molecule has 4 amide bonds. The normalized spacial score (nSPS) is 21.6. The number of methoxy groups -OCH3 is 3. The minimum absolute atomic E-state index is 0.0597. The maximum atomic E-state index is 14.4. The summed E-state index contributed by atoms with van der Waals surface area (Å²) < 4.78 is 21.7. The third-order valence-electron chi connectivity index (χ3n) is 13.6. The fraction of sp³-hybridized carbons (Fsp3) is 0.388. The van der Waals surface area contributed by atoms with Crippen LogP contribution in [-0.2, 0) is 30.4 Å². The molecule has 65 heavy (non-hydrogen) atoms. The summed E-state index contributed by atoms with van der Waals surface area (Å²) in [6.45, 7) is 5.11. The first-order valence-electron chi connectivity index (χ1n) is 22.2. The van der Waals surface area contributed by atoms with Crippen LogP contribution >= 0.6 is 0 Å². The number of hydrogen-bond acceptors (Lipinski definition) is 10. The highest BCUT2D eigenvalue weighted by Gasteiger charge is 2.56. The zero-order chi connectivity index (χ0) is 45.1. The van der Waals surface area contributed by atoms with Crippen molar-refractivity contribution in [2.45, 2.75) is 69.9 Å². The number of H-pyrrole nitrogens is 2. The van der Waals surface area contributed by atoms with Crippen LogP contribution in [0.4, 0.5) is 9.59 Å². The molecule has 0 bridgehead atoms. The summed E-state index contributed by atoms with van der Waals surface area (Å²) in [5.74, 6) is 2.13. The maximum absolute atomic E-state index is 14.4. The number of fused-ring (bicyclic) bond motifs is 7. The number of rotatable bonds is 11. The zero-order valence-corrected chi connectivity index (χ0v) is 36.9. The molecule has 7 atom stereocenters. The second-order valence-corrected chi connectivity index (χ2v) is 18.0. The second kappa shape index (κ2) is 16.9. The SMILES string of the molecule is COC[C@H]1C[C@@H](c2nc3ccc4cc5c(cc4c3[nH]2)OCc2cc(-c3cnc([C@@H]4CC6CC6N4C(=O)[C@@H](NC(=O)OC)C(C)C)[nH]3)ccc2-5)N(C(=O)[C@H](NC(=O)OC)c2ccccc2)C1. The first-order chi connectivity index (χ1) is 31.5. The lowest BCUT2D eigenvalue weighted by Gasteiger charge is -2.31. The largest absolute Gasteiger partial charge is 0.488 e. The van der Waals surface area contributed by atoms with Crippen molar-refractivity contribution < 1.29 is 38.1 Å². The monoisotopic (exact) mass is 880 g/mol. The predicted octanol–water partition coefficient (Wildman–Crippen LogP) is 7.34. The van der Waals surface area contributed by atoms with E-state index in [0.717, 1.165) is 74.2 Å². The number of likely N-dealkylation sites (tertiary alicyclic amines) is 2. The van der Waals surface area contributed by atoms with Crippen molar-refractivity contribution in [1.29, 1.82) is 0 Å². The van der Waals surface area contributed by atoms with Crippen LogP contribution in [0.2, 0.25) is 0 Å². The van der Waals surface area contributed by atoms with Gasteiger partial charge in [-0.1, -0.05) is 62.4 Å². The minimum atomic E-state index is -0.954. The average Bonchev–Trinajstić information content (AvgIpc) is 3.79. The van der Waals surface area contributed by atoms with E-state index >= 15 is 0 Å². The molecule has 4 N–H and O–H groups in total. The summed E-state index contributed by atoms with van der Waals surface area (Å²) >= 11 is 0. The van der Waals surface area contributed by atoms with Crippen LogP contribution in [0.25, 0.3) is 44.2 Å². The number of carbonyl (C=O) groups is 4. The van der Waals surface area contributed by atoms with E-state index in [1.54, 1.807) is 12.0 Å². The highest BCUT2D eigenvalue weighted by Crippen LogP contribution is 2.53. The predicted molar refractivity (Wildman–Crippen MR) is 240 cm³/mol. The fourth-order valence-corrected chi connectivity index (χ4v) is 10.2. The van der Waals surface area contributed by atoms with E-state index < -0.39 is 30.3 Å². The van der Waals surface area contributed by atoms with Crippen molar-refractivity contribution in [3.63, 3.8) is 0 Å². The second-order valence-electron chi connectivity index (χ2n) is 18.0. The molecule has 1 aliphatic carbocycles. The van der Waals surface area contributed by atoms with E-state index in [-0.39, 0.29) is 35.7 Å². The van der Waals surface area contributed by atoms with Gasteiger partial charge >= 0.3 is 12.2 Å². The Hall–Kier alpha value is -6.94. The molecule has 2 unspecified atom stereocenters. The Morgan fingerprint density at radius 3 is 2.42 bits per heavy atom. The molecule has 2 saturated heterocycles. The van der Waals surface area contributed by atoms with Gasteiger partial charge in [-0.3, -0.25) is 9.59 Å². The molecule has 2 aromatic heterocycles. The van der Waals surface area contributed by atoms with Crippen molar-refractivity contribution in [2.24, 2.45) is 17.8 Å². The molecule has 16 heteroatoms. The lowest BCUT2D eigenvalue weighted by molar-refractivity contribution is -0.137. The van der Waals surface area contributed by atoms with Gasteiger partial charge in [-0.2, -0.15) is 0 Å². The number of imidazole rings is 2. The standard InChI is InChI=1S/C49H52N8O8/c1-25(2)41(54-48(60)63-4)47(59)57-37-18-30(37)19-39(57)44-50-21-36(52-44)29-11-13-32-31(16-29)24-65-40-20-33-28(17-34(32)40)12-14-35-43(33)53-45(51-35)38-15-26(23-62-3)22-56(38)46(58)42(55-49(61)64-5)27-9-7-6-8-10-27/h6-14,16-17,20-21,25-26,30,37-39,41-42H,15,18-19,22-24H2,1-5H3,(H,50,52)(H,51,53)(H,54,60)(H,55,61)/t26-,30?,37?,38-,39-,41-,42+/m0/s1. The molecule has 4 aromatic carbocycles. The number of piperidine rings is 1. The Morgan fingerprint density at radius 2 is 1.65 bits per heavy atom. The quantitative estimate of drug-likeness (QED) is 0.102. The van der Waals surface area contributed by atoms with Crippen LogP contribution in [0.15, 0.2) is 79.0 Å². The molecule has 10 rings (SSSR count). The van der Waals surface area contributed by atoms with Crippen molar-refractivity contribution in [1.82, 2.24) is 40.4 Å². The highest BCUT2D eigenvalue weighted by atomic mass is 16.5. The summed E-state index contributed by atoms with van der Waals surface area (Å²) in [6, 6.07) is 21.6. The number of aromatic nitrogens is 4. The molecule has 3 fully saturated rings. The number of nitrogens with zero attached hydrogens (tertiary/aromatic N) is 4. The van der Waals surface area contributed by atoms with E-state index in [1.807, 2.05) is 61.3 Å². The van der Waals surface area contributed by atoms with Gasteiger partial charge in [0.05, 0.1) is 55.8 Å². The van der Waals surface area contributed by atoms with Gasteiger partial charge < -0.3 is 49.3 Å². The van der Waals surface area contributed by atoms with E-state index in [1.165, 1.54) is 14.2 Å². The molecule has 4 aliphatic rings. The van der Waals surface area contributed by atoms with Gasteiger partial charge in [-0.25, -0.2) is 19.6 Å². The van der Waals surface area contributed by atoms with Crippen molar-refractivity contribution in [2.75, 3.05) is 34.5 Å². The summed E-state index contributed by atoms with van der Waals surface area (Å²) in [7, 11) is 4.23. The lowest BCUT2D eigenvalue weighted by atomic mass is 9.92. The van der Waals surface area contributed by atoms with Crippen LogP contribution in [0.3, 0.4) is 0 Å². The van der Waals surface area contributed by atoms with Gasteiger partial charge in [-0.15, -0.1) is 0 Å². The Balaban J connectivity index is 0.914. The number of benzene rings is 4. The Bertz CT molecular complexity index is 2820. The van der Waals surface area contributed by atoms with Crippen molar-refractivity contribution in [3.05, 3.63) is 102 Å². The van der Waals surface area contributed by atoms with Crippen LogP contribution in [0.5, 0.6) is 5.75 Å². The van der Waals surface area contributed by atoms with Crippen LogP contribution < -0.4 is 15.4 Å². The van der Waals surface area contributed by atoms with Crippen molar-refractivity contribution in [3.8, 4) is 28.1 Å². The van der Waals surface area contributed by atoms with Gasteiger partial charge in [0, 0.05) is 36.6 Å². The number of ether oxygens (including phenoxy) is 4. The minimum Gasteiger partial charge on any atom is -0.488 e. The Kier molecular flexibility index (Phi) is 10.9. The van der Waals surface area contributed by atoms with E-state index in [0.29, 0.717) is 43.5 Å². The first-order valence-corrected chi connectivity index (χ1v) is 22.2. The average molecular weight is 881 g/mol. The zero-order valence-electron chi connectivity index (χ0n) is 36.9. The number of carbonyl (C=O) groups excluding carboxylic acids is 4. The molecule has 16 nitrogen and oxygen atoms in total.